The van der Waals surface area contributed by atoms with Crippen LogP contribution in [-0.2, 0) is 28.5 Å². The topological polar surface area (TPSA) is 287 Å². The van der Waals surface area contributed by atoms with Crippen molar-refractivity contribution in [3.8, 4) is 5.75 Å². The molecule has 3 fully saturated rings. The molecule has 0 aromatic heterocycles. The maximum absolute atomic E-state index is 11.5. The summed E-state index contributed by atoms with van der Waals surface area (Å²) in [6.07, 6.45) is -24.3. The molecule has 3 aliphatic heterocycles. The van der Waals surface area contributed by atoms with E-state index in [4.69, 9.17) is 28.4 Å². The normalized spacial score (nSPS) is 42.1. The van der Waals surface area contributed by atoms with Gasteiger partial charge in [0, 0.05) is 5.69 Å². The molecular formula is C27H39NO17. The first-order valence-corrected chi connectivity index (χ1v) is 14.0. The largest absolute Gasteiger partial charge is 0.462 e. The average molecular weight is 650 g/mol. The van der Waals surface area contributed by atoms with Gasteiger partial charge in [0.05, 0.1) is 19.8 Å². The van der Waals surface area contributed by atoms with Crippen molar-refractivity contribution in [2.24, 2.45) is 0 Å². The van der Waals surface area contributed by atoms with Gasteiger partial charge < -0.3 is 84.8 Å². The van der Waals surface area contributed by atoms with E-state index in [-0.39, 0.29) is 5.75 Å². The molecule has 0 saturated carbocycles. The van der Waals surface area contributed by atoms with Crippen molar-refractivity contribution >= 4 is 11.6 Å². The van der Waals surface area contributed by atoms with Gasteiger partial charge in [-0.3, -0.25) is 4.79 Å². The molecule has 45 heavy (non-hydrogen) atoms. The van der Waals surface area contributed by atoms with Gasteiger partial charge in [0.25, 0.3) is 0 Å². The second-order valence-corrected chi connectivity index (χ2v) is 10.6. The van der Waals surface area contributed by atoms with E-state index in [0.717, 1.165) is 6.08 Å². The SMILES string of the molecule is C=CC(=O)Nc1ccc(O[C@@H]2O[C@H](CO)[C@@H](O[C@@H]3O[C@H](CO)[C@H](O)[C@H](O[C@H]4O[C@H](CO)[C@H](O)[C@H](O)[C@H]4O)[C@H]3O)[C@H](O)[C@H]2O)cc1. The Morgan fingerprint density at radius 1 is 0.667 bits per heavy atom. The summed E-state index contributed by atoms with van der Waals surface area (Å²) in [5.41, 5.74) is 0.422. The Kier molecular flexibility index (Phi) is 12.2. The van der Waals surface area contributed by atoms with Crippen LogP contribution in [0, 0.1) is 0 Å². The minimum absolute atomic E-state index is 0.165. The summed E-state index contributed by atoms with van der Waals surface area (Å²) in [6, 6.07) is 5.88. The molecule has 1 aromatic carbocycles. The molecule has 15 atom stereocenters. The third-order valence-corrected chi connectivity index (χ3v) is 7.63. The highest BCUT2D eigenvalue weighted by Crippen LogP contribution is 2.33. The predicted octanol–water partition coefficient (Wildman–Crippen LogP) is -5.36. The summed E-state index contributed by atoms with van der Waals surface area (Å²) in [7, 11) is 0. The number of carbonyl (C=O) groups is 1. The quantitative estimate of drug-likeness (QED) is 0.0998. The summed E-state index contributed by atoms with van der Waals surface area (Å²) in [5, 5.41) is 106. The van der Waals surface area contributed by atoms with Gasteiger partial charge in [-0.05, 0) is 30.3 Å². The fourth-order valence-electron chi connectivity index (χ4n) is 5.08. The second-order valence-electron chi connectivity index (χ2n) is 10.6. The Morgan fingerprint density at radius 2 is 1.18 bits per heavy atom. The predicted molar refractivity (Wildman–Crippen MR) is 145 cm³/mol. The van der Waals surface area contributed by atoms with Crippen LogP contribution < -0.4 is 10.1 Å². The van der Waals surface area contributed by atoms with Gasteiger partial charge in [0.2, 0.25) is 12.2 Å². The summed E-state index contributed by atoms with van der Waals surface area (Å²) in [6.45, 7) is 0.976. The zero-order valence-corrected chi connectivity index (χ0v) is 23.7. The minimum Gasteiger partial charge on any atom is -0.462 e. The lowest BCUT2D eigenvalue weighted by Crippen LogP contribution is -2.67. The second kappa shape index (κ2) is 15.5. The van der Waals surface area contributed by atoms with Crippen LogP contribution in [0.5, 0.6) is 5.75 Å². The molecule has 0 spiro atoms. The van der Waals surface area contributed by atoms with Crippen molar-refractivity contribution in [1.29, 1.82) is 0 Å². The first-order chi connectivity index (χ1) is 21.4. The standard InChI is InChI=1S/C27H39NO17/c1-2-15(32)28-10-3-5-11(6-4-10)40-25-21(38)19(36)23(14(9-31)43-25)44-27-22(39)24(17(34)13(8-30)42-27)45-26-20(37)18(35)16(33)12(7-29)41-26/h2-6,12-14,16-27,29-31,33-39H,1,7-9H2,(H,28,32)/t12-,13-,14-,16+,17+,18+,19-,20-,21-,22-,23-,24+,25-,26-,27+/m1/s1. The van der Waals surface area contributed by atoms with Crippen molar-refractivity contribution in [3.05, 3.63) is 36.9 Å². The molecule has 0 unspecified atom stereocenters. The third kappa shape index (κ3) is 7.79. The molecule has 0 radical (unpaired) electrons. The Morgan fingerprint density at radius 3 is 1.76 bits per heavy atom. The number of benzene rings is 1. The van der Waals surface area contributed by atoms with E-state index < -0.39 is 118 Å². The van der Waals surface area contributed by atoms with Crippen LogP contribution >= 0.6 is 0 Å². The Bertz CT molecular complexity index is 1110. The summed E-state index contributed by atoms with van der Waals surface area (Å²) in [4.78, 5) is 11.5. The summed E-state index contributed by atoms with van der Waals surface area (Å²) >= 11 is 0. The Labute approximate surface area is 256 Å². The number of hydrogen-bond donors (Lipinski definition) is 11. The number of anilines is 1. The third-order valence-electron chi connectivity index (χ3n) is 7.63. The number of carbonyl (C=O) groups excluding carboxylic acids is 1. The van der Waals surface area contributed by atoms with Crippen LogP contribution in [0.15, 0.2) is 36.9 Å². The first kappa shape index (κ1) is 35.5. The highest BCUT2D eigenvalue weighted by atomic mass is 16.8. The van der Waals surface area contributed by atoms with Gasteiger partial charge in [-0.25, -0.2) is 0 Å². The average Bonchev–Trinajstić information content (AvgIpc) is 3.04. The lowest BCUT2D eigenvalue weighted by molar-refractivity contribution is -0.377. The Hall–Kier alpha value is -2.37. The van der Waals surface area contributed by atoms with E-state index in [2.05, 4.69) is 11.9 Å². The minimum atomic E-state index is -1.94. The van der Waals surface area contributed by atoms with Crippen molar-refractivity contribution in [2.75, 3.05) is 25.1 Å². The van der Waals surface area contributed by atoms with Gasteiger partial charge >= 0.3 is 0 Å². The molecule has 3 aliphatic rings. The number of nitrogens with one attached hydrogen (secondary N) is 1. The van der Waals surface area contributed by atoms with Crippen molar-refractivity contribution in [1.82, 2.24) is 0 Å². The van der Waals surface area contributed by atoms with E-state index in [9.17, 15) is 55.9 Å². The smallest absolute Gasteiger partial charge is 0.247 e. The molecule has 3 heterocycles. The van der Waals surface area contributed by atoms with Crippen LogP contribution in [0.3, 0.4) is 0 Å². The number of aliphatic hydroxyl groups is 10. The molecular weight excluding hydrogens is 610 g/mol. The van der Waals surface area contributed by atoms with E-state index in [1.54, 1.807) is 0 Å². The van der Waals surface area contributed by atoms with E-state index in [0.29, 0.717) is 5.69 Å². The summed E-state index contributed by atoms with van der Waals surface area (Å²) in [5.74, 6) is -0.272. The van der Waals surface area contributed by atoms with E-state index in [1.807, 2.05) is 0 Å². The van der Waals surface area contributed by atoms with Gasteiger partial charge in [-0.15, -0.1) is 0 Å². The van der Waals surface area contributed by atoms with Crippen LogP contribution in [-0.4, -0.2) is 169 Å². The number of amides is 1. The highest BCUT2D eigenvalue weighted by Gasteiger charge is 2.53. The maximum atomic E-state index is 11.5. The maximum Gasteiger partial charge on any atom is 0.247 e. The zero-order chi connectivity index (χ0) is 33.0. The molecule has 11 N–H and O–H groups in total. The molecule has 1 amide bonds. The lowest BCUT2D eigenvalue weighted by Gasteiger charge is -2.48. The van der Waals surface area contributed by atoms with E-state index >= 15 is 0 Å². The molecule has 18 heteroatoms. The molecule has 3 saturated heterocycles. The number of ether oxygens (including phenoxy) is 6. The van der Waals surface area contributed by atoms with Gasteiger partial charge in [0.1, 0.15) is 79.0 Å². The van der Waals surface area contributed by atoms with Crippen LogP contribution in [0.1, 0.15) is 0 Å². The van der Waals surface area contributed by atoms with Crippen LogP contribution in [0.25, 0.3) is 0 Å². The highest BCUT2D eigenvalue weighted by molar-refractivity contribution is 5.98. The number of hydrogen-bond acceptors (Lipinski definition) is 17. The molecule has 0 aliphatic carbocycles. The number of rotatable bonds is 11. The molecule has 1 aromatic rings. The fourth-order valence-corrected chi connectivity index (χ4v) is 5.08. The first-order valence-electron chi connectivity index (χ1n) is 14.0. The van der Waals surface area contributed by atoms with Crippen LogP contribution in [0.2, 0.25) is 0 Å². The summed E-state index contributed by atoms with van der Waals surface area (Å²) < 4.78 is 33.2. The fraction of sp³-hybridized carbons (Fsp3) is 0.667. The number of aliphatic hydroxyl groups excluding tert-OH is 10. The molecule has 18 nitrogen and oxygen atoms in total. The molecule has 254 valence electrons. The van der Waals surface area contributed by atoms with Crippen LogP contribution in [0.4, 0.5) is 5.69 Å². The molecule has 0 bridgehead atoms. The lowest BCUT2D eigenvalue weighted by atomic mass is 9.96. The molecule has 4 rings (SSSR count). The Balaban J connectivity index is 1.45. The van der Waals surface area contributed by atoms with E-state index in [1.165, 1.54) is 24.3 Å². The van der Waals surface area contributed by atoms with Gasteiger partial charge in [0.15, 0.2) is 12.6 Å². The van der Waals surface area contributed by atoms with Gasteiger partial charge in [-0.2, -0.15) is 0 Å². The van der Waals surface area contributed by atoms with Crippen molar-refractivity contribution < 1.29 is 84.3 Å². The van der Waals surface area contributed by atoms with Crippen molar-refractivity contribution in [2.45, 2.75) is 92.1 Å². The zero-order valence-electron chi connectivity index (χ0n) is 23.7. The monoisotopic (exact) mass is 649 g/mol. The van der Waals surface area contributed by atoms with Crippen molar-refractivity contribution in [3.63, 3.8) is 0 Å². The van der Waals surface area contributed by atoms with Gasteiger partial charge in [-0.1, -0.05) is 6.58 Å².